The number of nitrogen functional groups attached to an aromatic ring is 1. The van der Waals surface area contributed by atoms with E-state index in [1.165, 1.54) is 25.3 Å². The van der Waals surface area contributed by atoms with Crippen LogP contribution in [0.3, 0.4) is 0 Å². The number of nitrogens with zero attached hydrogens (tertiary/aromatic N) is 1. The van der Waals surface area contributed by atoms with Crippen molar-refractivity contribution >= 4 is 21.6 Å². The van der Waals surface area contributed by atoms with E-state index in [0.29, 0.717) is 0 Å². The van der Waals surface area contributed by atoms with Crippen molar-refractivity contribution < 1.29 is 17.9 Å². The average Bonchev–Trinajstić information content (AvgIpc) is 2.35. The van der Waals surface area contributed by atoms with Crippen LogP contribution in [0.5, 0.6) is 5.75 Å². The third kappa shape index (κ3) is 3.40. The second-order valence-electron chi connectivity index (χ2n) is 4.52. The zero-order valence-electron chi connectivity index (χ0n) is 11.7. The molecule has 0 atom stereocenters. The number of hydrogen-bond donors (Lipinski definition) is 2. The van der Waals surface area contributed by atoms with Gasteiger partial charge in [0.05, 0.1) is 13.7 Å². The number of carbonyl (C=O) groups excluding carboxylic acids is 1. The second kappa shape index (κ2) is 6.10. The Labute approximate surface area is 118 Å². The summed E-state index contributed by atoms with van der Waals surface area (Å²) in [4.78, 5) is 11.0. The fourth-order valence-electron chi connectivity index (χ4n) is 1.72. The maximum atomic E-state index is 12.6. The van der Waals surface area contributed by atoms with Gasteiger partial charge in [-0.1, -0.05) is 0 Å². The van der Waals surface area contributed by atoms with Gasteiger partial charge in [-0.15, -0.1) is 0 Å². The highest BCUT2D eigenvalue weighted by atomic mass is 32.2. The summed E-state index contributed by atoms with van der Waals surface area (Å²) in [5.74, 6) is -0.570. The predicted octanol–water partition coefficient (Wildman–Crippen LogP) is 0.162. The van der Waals surface area contributed by atoms with Crippen LogP contribution in [-0.2, 0) is 14.8 Å². The molecular formula is C12H19N3O4S. The first-order valence-electron chi connectivity index (χ1n) is 5.93. The van der Waals surface area contributed by atoms with Crippen molar-refractivity contribution in [3.8, 4) is 5.75 Å². The van der Waals surface area contributed by atoms with E-state index in [-0.39, 0.29) is 16.3 Å². The van der Waals surface area contributed by atoms with Gasteiger partial charge in [-0.3, -0.25) is 4.79 Å². The Balaban J connectivity index is 3.40. The van der Waals surface area contributed by atoms with Crippen molar-refractivity contribution in [2.75, 3.05) is 19.4 Å². The predicted molar refractivity (Wildman–Crippen MR) is 75.6 cm³/mol. The van der Waals surface area contributed by atoms with Gasteiger partial charge in [0, 0.05) is 11.7 Å². The topological polar surface area (TPSA) is 116 Å². The third-order valence-electron chi connectivity index (χ3n) is 2.66. The maximum Gasteiger partial charge on any atom is 0.247 e. The van der Waals surface area contributed by atoms with Gasteiger partial charge in [-0.25, -0.2) is 8.42 Å². The molecule has 1 aromatic carbocycles. The van der Waals surface area contributed by atoms with Crippen molar-refractivity contribution in [1.82, 2.24) is 4.31 Å². The molecule has 8 heteroatoms. The number of hydrogen-bond acceptors (Lipinski definition) is 5. The molecule has 7 nitrogen and oxygen atoms in total. The first-order valence-corrected chi connectivity index (χ1v) is 7.37. The van der Waals surface area contributed by atoms with Crippen molar-refractivity contribution in [2.24, 2.45) is 5.73 Å². The van der Waals surface area contributed by atoms with Crippen molar-refractivity contribution in [3.05, 3.63) is 18.2 Å². The van der Waals surface area contributed by atoms with Gasteiger partial charge in [0.25, 0.3) is 0 Å². The van der Waals surface area contributed by atoms with Crippen LogP contribution in [0.1, 0.15) is 13.8 Å². The second-order valence-corrected chi connectivity index (χ2v) is 6.38. The van der Waals surface area contributed by atoms with E-state index >= 15 is 0 Å². The molecular weight excluding hydrogens is 282 g/mol. The van der Waals surface area contributed by atoms with Gasteiger partial charge in [0.2, 0.25) is 15.9 Å². The first kappa shape index (κ1) is 16.3. The average molecular weight is 301 g/mol. The number of carbonyl (C=O) groups is 1. The van der Waals surface area contributed by atoms with Gasteiger partial charge < -0.3 is 16.2 Å². The monoisotopic (exact) mass is 301 g/mol. The summed E-state index contributed by atoms with van der Waals surface area (Å²) in [7, 11) is -2.57. The molecule has 0 aromatic heterocycles. The minimum Gasteiger partial charge on any atom is -0.495 e. The third-order valence-corrected chi connectivity index (χ3v) is 4.71. The molecule has 0 fully saturated rings. The number of amides is 1. The van der Waals surface area contributed by atoms with E-state index in [0.717, 1.165) is 4.31 Å². The molecule has 1 amide bonds. The number of anilines is 1. The Morgan fingerprint density at radius 2 is 2.00 bits per heavy atom. The van der Waals surface area contributed by atoms with Crippen LogP contribution >= 0.6 is 0 Å². The molecule has 1 aromatic rings. The number of methoxy groups -OCH3 is 1. The van der Waals surface area contributed by atoms with Crippen LogP contribution in [0.15, 0.2) is 23.1 Å². The molecule has 0 spiro atoms. The highest BCUT2D eigenvalue weighted by molar-refractivity contribution is 7.89. The summed E-state index contributed by atoms with van der Waals surface area (Å²) >= 11 is 0. The van der Waals surface area contributed by atoms with Crippen LogP contribution in [0.2, 0.25) is 0 Å². The minimum absolute atomic E-state index is 0.0880. The Morgan fingerprint density at radius 1 is 1.40 bits per heavy atom. The normalized spacial score (nSPS) is 11.8. The van der Waals surface area contributed by atoms with E-state index < -0.39 is 28.5 Å². The van der Waals surface area contributed by atoms with Gasteiger partial charge in [0.15, 0.2) is 0 Å². The fourth-order valence-corrected chi connectivity index (χ4v) is 3.52. The summed E-state index contributed by atoms with van der Waals surface area (Å²) in [6.07, 6.45) is 0. The van der Waals surface area contributed by atoms with Gasteiger partial charge >= 0.3 is 0 Å². The number of sulfonamides is 1. The van der Waals surface area contributed by atoms with Crippen molar-refractivity contribution in [2.45, 2.75) is 24.8 Å². The number of nitrogens with two attached hydrogens (primary N) is 2. The summed E-state index contributed by atoms with van der Waals surface area (Å²) in [5, 5.41) is 0. The highest BCUT2D eigenvalue weighted by Crippen LogP contribution is 2.29. The Kier molecular flexibility index (Phi) is 4.96. The molecule has 0 radical (unpaired) electrons. The number of ether oxygens (including phenoxy) is 1. The Bertz CT molecular complexity index is 599. The van der Waals surface area contributed by atoms with Crippen LogP contribution in [0.4, 0.5) is 5.69 Å². The number of benzene rings is 1. The molecule has 0 aliphatic heterocycles. The number of rotatable bonds is 6. The van der Waals surface area contributed by atoms with Crippen LogP contribution in [0.25, 0.3) is 0 Å². The molecule has 4 N–H and O–H groups in total. The van der Waals surface area contributed by atoms with Crippen molar-refractivity contribution in [1.29, 1.82) is 0 Å². The maximum absolute atomic E-state index is 12.6. The molecule has 0 aliphatic carbocycles. The quantitative estimate of drug-likeness (QED) is 0.726. The smallest absolute Gasteiger partial charge is 0.247 e. The van der Waals surface area contributed by atoms with E-state index in [4.69, 9.17) is 16.2 Å². The Morgan fingerprint density at radius 3 is 2.45 bits per heavy atom. The van der Waals surface area contributed by atoms with E-state index in [9.17, 15) is 13.2 Å². The van der Waals surface area contributed by atoms with E-state index in [2.05, 4.69) is 0 Å². The molecule has 0 aliphatic rings. The minimum atomic E-state index is -3.93. The SMILES string of the molecule is COc1ccc(N)cc1S(=O)(=O)N(CC(N)=O)C(C)C. The zero-order valence-corrected chi connectivity index (χ0v) is 12.5. The van der Waals surface area contributed by atoms with Gasteiger partial charge in [-0.05, 0) is 32.0 Å². The van der Waals surface area contributed by atoms with Crippen LogP contribution in [0, 0.1) is 0 Å². The highest BCUT2D eigenvalue weighted by Gasteiger charge is 2.31. The van der Waals surface area contributed by atoms with Gasteiger partial charge in [0.1, 0.15) is 10.6 Å². The Hall–Kier alpha value is -1.80. The first-order chi connectivity index (χ1) is 9.20. The lowest BCUT2D eigenvalue weighted by atomic mass is 10.3. The van der Waals surface area contributed by atoms with E-state index in [1.54, 1.807) is 13.8 Å². The lowest BCUT2D eigenvalue weighted by Crippen LogP contribution is -2.42. The largest absolute Gasteiger partial charge is 0.495 e. The van der Waals surface area contributed by atoms with E-state index in [1.807, 2.05) is 0 Å². The van der Waals surface area contributed by atoms with Crippen LogP contribution < -0.4 is 16.2 Å². The summed E-state index contributed by atoms with van der Waals surface area (Å²) in [6.45, 7) is 2.90. The summed E-state index contributed by atoms with van der Waals surface area (Å²) < 4.78 is 31.3. The number of primary amides is 1. The molecule has 112 valence electrons. The summed E-state index contributed by atoms with van der Waals surface area (Å²) in [6, 6.07) is 3.86. The lowest BCUT2D eigenvalue weighted by molar-refractivity contribution is -0.118. The van der Waals surface area contributed by atoms with Crippen LogP contribution in [-0.4, -0.2) is 38.3 Å². The molecule has 0 saturated carbocycles. The lowest BCUT2D eigenvalue weighted by Gasteiger charge is -2.25. The standard InChI is InChI=1S/C12H19N3O4S/c1-8(2)15(7-12(14)16)20(17,18)11-6-9(13)4-5-10(11)19-3/h4-6,8H,7,13H2,1-3H3,(H2,14,16). The molecule has 0 heterocycles. The molecule has 20 heavy (non-hydrogen) atoms. The molecule has 0 saturated heterocycles. The van der Waals surface area contributed by atoms with Gasteiger partial charge in [-0.2, -0.15) is 4.31 Å². The molecule has 1 rings (SSSR count). The van der Waals surface area contributed by atoms with Crippen molar-refractivity contribution in [3.63, 3.8) is 0 Å². The molecule has 0 bridgehead atoms. The zero-order chi connectivity index (χ0) is 15.5. The summed E-state index contributed by atoms with van der Waals surface area (Å²) in [5.41, 5.74) is 11.0. The molecule has 0 unspecified atom stereocenters. The fraction of sp³-hybridized carbons (Fsp3) is 0.417.